The van der Waals surface area contributed by atoms with Crippen LogP contribution in [0.3, 0.4) is 0 Å². The number of carbonyl (C=O) groups is 2. The summed E-state index contributed by atoms with van der Waals surface area (Å²) in [6.45, 7) is 6.26. The number of rotatable bonds is 5. The lowest BCUT2D eigenvalue weighted by Gasteiger charge is -2.17. The molecule has 2 N–H and O–H groups in total. The maximum absolute atomic E-state index is 12.0. The molecule has 1 aromatic carbocycles. The van der Waals surface area contributed by atoms with Gasteiger partial charge in [-0.15, -0.1) is 0 Å². The van der Waals surface area contributed by atoms with Crippen molar-refractivity contribution in [1.82, 2.24) is 4.57 Å². The van der Waals surface area contributed by atoms with Crippen LogP contribution >= 0.6 is 0 Å². The summed E-state index contributed by atoms with van der Waals surface area (Å²) in [4.78, 5) is 22.7. The quantitative estimate of drug-likeness (QED) is 0.888. The molecule has 1 aromatic heterocycles. The molecular weight excluding hydrogens is 280 g/mol. The van der Waals surface area contributed by atoms with Crippen LogP contribution in [0.25, 0.3) is 10.9 Å². The average Bonchev–Trinajstić information content (AvgIpc) is 2.77. The van der Waals surface area contributed by atoms with Gasteiger partial charge in [0.25, 0.3) is 0 Å². The SMILES string of the molecule is CC(C)(C)CCC(=O)Nc1ccc2c(ccn2CC(=O)O)c1. The van der Waals surface area contributed by atoms with E-state index in [1.165, 1.54) is 0 Å². The Bertz CT molecular complexity index is 695. The Morgan fingerprint density at radius 2 is 1.95 bits per heavy atom. The normalized spacial score (nSPS) is 11.6. The molecule has 0 atom stereocenters. The lowest BCUT2D eigenvalue weighted by molar-refractivity contribution is -0.137. The zero-order valence-electron chi connectivity index (χ0n) is 13.2. The number of fused-ring (bicyclic) bond motifs is 1. The number of carboxylic acid groups (broad SMARTS) is 1. The van der Waals surface area contributed by atoms with Crippen LogP contribution < -0.4 is 5.32 Å². The van der Waals surface area contributed by atoms with Gasteiger partial charge in [0.1, 0.15) is 6.54 Å². The predicted octanol–water partition coefficient (Wildman–Crippen LogP) is 3.49. The molecule has 0 aliphatic rings. The fraction of sp³-hybridized carbons (Fsp3) is 0.412. The molecule has 0 saturated carbocycles. The van der Waals surface area contributed by atoms with E-state index in [4.69, 9.17) is 5.11 Å². The van der Waals surface area contributed by atoms with Crippen LogP contribution in [0, 0.1) is 5.41 Å². The summed E-state index contributed by atoms with van der Waals surface area (Å²) in [6, 6.07) is 7.35. The van der Waals surface area contributed by atoms with E-state index >= 15 is 0 Å². The maximum atomic E-state index is 12.0. The number of carbonyl (C=O) groups excluding carboxylic acids is 1. The van der Waals surface area contributed by atoms with Crippen LogP contribution in [-0.4, -0.2) is 21.6 Å². The minimum atomic E-state index is -0.878. The largest absolute Gasteiger partial charge is 0.480 e. The minimum Gasteiger partial charge on any atom is -0.480 e. The molecule has 0 aliphatic heterocycles. The molecule has 118 valence electrons. The Morgan fingerprint density at radius 1 is 1.23 bits per heavy atom. The fourth-order valence-electron chi connectivity index (χ4n) is 2.27. The third kappa shape index (κ3) is 4.35. The maximum Gasteiger partial charge on any atom is 0.323 e. The highest BCUT2D eigenvalue weighted by atomic mass is 16.4. The first-order valence-electron chi connectivity index (χ1n) is 7.35. The Balaban J connectivity index is 2.07. The van der Waals surface area contributed by atoms with Crippen molar-refractivity contribution in [3.63, 3.8) is 0 Å². The fourth-order valence-corrected chi connectivity index (χ4v) is 2.27. The second-order valence-electron chi connectivity index (χ2n) is 6.72. The number of hydrogen-bond acceptors (Lipinski definition) is 2. The molecule has 1 heterocycles. The van der Waals surface area contributed by atoms with Crippen LogP contribution in [0.15, 0.2) is 30.5 Å². The molecule has 0 spiro atoms. The summed E-state index contributed by atoms with van der Waals surface area (Å²) in [5, 5.41) is 12.7. The van der Waals surface area contributed by atoms with Crippen LogP contribution in [0.1, 0.15) is 33.6 Å². The van der Waals surface area contributed by atoms with Crippen molar-refractivity contribution in [1.29, 1.82) is 0 Å². The second-order valence-corrected chi connectivity index (χ2v) is 6.72. The molecule has 5 nitrogen and oxygen atoms in total. The highest BCUT2D eigenvalue weighted by Crippen LogP contribution is 2.23. The second kappa shape index (κ2) is 6.22. The number of benzene rings is 1. The van der Waals surface area contributed by atoms with Crippen LogP contribution in [0.4, 0.5) is 5.69 Å². The molecule has 22 heavy (non-hydrogen) atoms. The first kappa shape index (κ1) is 16.1. The van der Waals surface area contributed by atoms with Crippen molar-refractivity contribution >= 4 is 28.5 Å². The van der Waals surface area contributed by atoms with Gasteiger partial charge in [-0.2, -0.15) is 0 Å². The monoisotopic (exact) mass is 302 g/mol. The summed E-state index contributed by atoms with van der Waals surface area (Å²) in [5.74, 6) is -0.878. The average molecular weight is 302 g/mol. The third-order valence-electron chi connectivity index (χ3n) is 3.46. The molecular formula is C17H22N2O3. The number of aromatic nitrogens is 1. The number of aliphatic carboxylic acids is 1. The van der Waals surface area contributed by atoms with E-state index in [0.29, 0.717) is 6.42 Å². The topological polar surface area (TPSA) is 71.3 Å². The van der Waals surface area contributed by atoms with E-state index < -0.39 is 5.97 Å². The molecule has 0 aliphatic carbocycles. The van der Waals surface area contributed by atoms with Crippen molar-refractivity contribution in [3.05, 3.63) is 30.5 Å². The van der Waals surface area contributed by atoms with Gasteiger partial charge in [-0.05, 0) is 36.1 Å². The zero-order valence-corrected chi connectivity index (χ0v) is 13.2. The van der Waals surface area contributed by atoms with Gasteiger partial charge in [0.15, 0.2) is 0 Å². The molecule has 1 amide bonds. The van der Waals surface area contributed by atoms with Gasteiger partial charge in [-0.3, -0.25) is 9.59 Å². The Kier molecular flexibility index (Phi) is 4.54. The summed E-state index contributed by atoms with van der Waals surface area (Å²) in [5.41, 5.74) is 1.71. The number of nitrogens with one attached hydrogen (secondary N) is 1. The predicted molar refractivity (Wildman–Crippen MR) is 86.9 cm³/mol. The Morgan fingerprint density at radius 3 is 2.59 bits per heavy atom. The van der Waals surface area contributed by atoms with Gasteiger partial charge in [0, 0.05) is 29.2 Å². The molecule has 0 saturated heterocycles. The van der Waals surface area contributed by atoms with Gasteiger partial charge in [0.05, 0.1) is 0 Å². The summed E-state index contributed by atoms with van der Waals surface area (Å²) in [6.07, 6.45) is 3.06. The Hall–Kier alpha value is -2.30. The highest BCUT2D eigenvalue weighted by Gasteiger charge is 2.13. The molecule has 5 heteroatoms. The summed E-state index contributed by atoms with van der Waals surface area (Å²) >= 11 is 0. The molecule has 0 unspecified atom stereocenters. The van der Waals surface area contributed by atoms with Crippen molar-refractivity contribution in [3.8, 4) is 0 Å². The van der Waals surface area contributed by atoms with E-state index in [9.17, 15) is 9.59 Å². The smallest absolute Gasteiger partial charge is 0.323 e. The number of nitrogens with zero attached hydrogens (tertiary/aromatic N) is 1. The molecule has 2 rings (SSSR count). The van der Waals surface area contributed by atoms with Crippen molar-refractivity contribution in [2.45, 2.75) is 40.2 Å². The van der Waals surface area contributed by atoms with Gasteiger partial charge >= 0.3 is 5.97 Å². The highest BCUT2D eigenvalue weighted by molar-refractivity contribution is 5.94. The lowest BCUT2D eigenvalue weighted by atomic mass is 9.90. The third-order valence-corrected chi connectivity index (χ3v) is 3.46. The molecule has 0 bridgehead atoms. The number of carboxylic acids is 1. The van der Waals surface area contributed by atoms with Crippen LogP contribution in [-0.2, 0) is 16.1 Å². The first-order valence-corrected chi connectivity index (χ1v) is 7.35. The van der Waals surface area contributed by atoms with E-state index in [2.05, 4.69) is 26.1 Å². The van der Waals surface area contributed by atoms with Crippen molar-refractivity contribution < 1.29 is 14.7 Å². The summed E-state index contributed by atoms with van der Waals surface area (Å²) in [7, 11) is 0. The van der Waals surface area contributed by atoms with Crippen LogP contribution in [0.2, 0.25) is 0 Å². The lowest BCUT2D eigenvalue weighted by Crippen LogP contribution is -2.15. The van der Waals surface area contributed by atoms with E-state index in [0.717, 1.165) is 23.0 Å². The standard InChI is InChI=1S/C17H22N2O3/c1-17(2,3)8-6-15(20)18-13-4-5-14-12(10-13)7-9-19(14)11-16(21)22/h4-5,7,9-10H,6,8,11H2,1-3H3,(H,18,20)(H,21,22). The van der Waals surface area contributed by atoms with Gasteiger partial charge in [0.2, 0.25) is 5.91 Å². The van der Waals surface area contributed by atoms with Gasteiger partial charge < -0.3 is 15.0 Å². The molecule has 0 radical (unpaired) electrons. The minimum absolute atomic E-state index is 0.000700. The van der Waals surface area contributed by atoms with E-state index in [1.54, 1.807) is 16.8 Å². The van der Waals surface area contributed by atoms with Gasteiger partial charge in [-0.25, -0.2) is 0 Å². The first-order chi connectivity index (χ1) is 10.2. The van der Waals surface area contributed by atoms with E-state index in [1.807, 2.05) is 18.2 Å². The van der Waals surface area contributed by atoms with Crippen molar-refractivity contribution in [2.75, 3.05) is 5.32 Å². The molecule has 2 aromatic rings. The van der Waals surface area contributed by atoms with E-state index in [-0.39, 0.29) is 17.9 Å². The zero-order chi connectivity index (χ0) is 16.3. The van der Waals surface area contributed by atoms with Gasteiger partial charge in [-0.1, -0.05) is 20.8 Å². The Labute approximate surface area is 129 Å². The number of hydrogen-bond donors (Lipinski definition) is 2. The molecule has 0 fully saturated rings. The van der Waals surface area contributed by atoms with Crippen LogP contribution in [0.5, 0.6) is 0 Å². The number of anilines is 1. The van der Waals surface area contributed by atoms with Crippen molar-refractivity contribution in [2.24, 2.45) is 5.41 Å². The number of amides is 1. The summed E-state index contributed by atoms with van der Waals surface area (Å²) < 4.78 is 1.67.